The number of amides is 2. The molecule has 1 unspecified atom stereocenters. The molecule has 0 aliphatic carbocycles. The third kappa shape index (κ3) is 4.95. The van der Waals surface area contributed by atoms with E-state index in [1.165, 1.54) is 0 Å². The van der Waals surface area contributed by atoms with Crippen LogP contribution in [-0.2, 0) is 0 Å². The molecule has 2 aromatic heterocycles. The van der Waals surface area contributed by atoms with Crippen molar-refractivity contribution in [1.29, 1.82) is 0 Å². The first-order valence-corrected chi connectivity index (χ1v) is 12.5. The lowest BCUT2D eigenvalue weighted by molar-refractivity contribution is 0.180. The van der Waals surface area contributed by atoms with Gasteiger partial charge in [0.2, 0.25) is 0 Å². The Morgan fingerprint density at radius 2 is 2.00 bits per heavy atom. The normalized spacial score (nSPS) is 15.8. The number of rotatable bonds is 5. The van der Waals surface area contributed by atoms with Crippen LogP contribution in [0.2, 0.25) is 0 Å². The highest BCUT2D eigenvalue weighted by Crippen LogP contribution is 2.31. The Bertz CT molecular complexity index is 1370. The van der Waals surface area contributed by atoms with E-state index >= 15 is 0 Å². The van der Waals surface area contributed by atoms with E-state index in [1.54, 1.807) is 22.8 Å². The number of hydrogen-bond acceptors (Lipinski definition) is 5. The summed E-state index contributed by atoms with van der Waals surface area (Å²) in [6.07, 6.45) is 3.70. The predicted octanol–water partition coefficient (Wildman–Crippen LogP) is 5.53. The molecule has 0 bridgehead atoms. The number of hydrogen-bond donors (Lipinski definition) is 3. The number of likely N-dealkylation sites (tertiary alicyclic amines) is 1. The van der Waals surface area contributed by atoms with Crippen LogP contribution < -0.4 is 10.6 Å². The van der Waals surface area contributed by atoms with Crippen LogP contribution in [0.3, 0.4) is 0 Å². The van der Waals surface area contributed by atoms with Gasteiger partial charge in [0.25, 0.3) is 0 Å². The number of halogens is 1. The van der Waals surface area contributed by atoms with Gasteiger partial charge in [-0.2, -0.15) is 9.61 Å². The summed E-state index contributed by atoms with van der Waals surface area (Å²) in [7, 11) is 0. The molecule has 3 heterocycles. The van der Waals surface area contributed by atoms with Gasteiger partial charge in [0.1, 0.15) is 11.6 Å². The molecule has 4 aromatic rings. The van der Waals surface area contributed by atoms with E-state index in [1.807, 2.05) is 54.3 Å². The van der Waals surface area contributed by atoms with Crippen LogP contribution in [0.15, 0.2) is 65.3 Å². The quantitative estimate of drug-likeness (QED) is 0.313. The van der Waals surface area contributed by atoms with Crippen LogP contribution >= 0.6 is 15.9 Å². The fourth-order valence-electron chi connectivity index (χ4n) is 4.46. The van der Waals surface area contributed by atoms with Gasteiger partial charge in [0.05, 0.1) is 16.4 Å². The molecule has 0 spiro atoms. The number of carbonyl (C=O) groups excluding carboxylic acids is 1. The Hall–Kier alpha value is -3.59. The van der Waals surface area contributed by atoms with Crippen molar-refractivity contribution in [2.75, 3.05) is 30.3 Å². The molecular formula is C26H27BrN6O2. The summed E-state index contributed by atoms with van der Waals surface area (Å²) < 4.78 is 2.52. The SMILES string of the molecule is Cc1ccccc1NC(=O)N1CCCC(CNc2cc(-c3ccccc3O)nc3c(Br)cnn23)C1. The molecule has 2 amide bonds. The van der Waals surface area contributed by atoms with Gasteiger partial charge in [-0.3, -0.25) is 0 Å². The fraction of sp³-hybridized carbons (Fsp3) is 0.269. The van der Waals surface area contributed by atoms with Crippen molar-refractivity contribution in [3.05, 3.63) is 70.8 Å². The average Bonchev–Trinajstić information content (AvgIpc) is 3.25. The number of benzene rings is 2. The molecular weight excluding hydrogens is 508 g/mol. The van der Waals surface area contributed by atoms with Crippen LogP contribution in [0.1, 0.15) is 18.4 Å². The third-order valence-corrected chi connectivity index (χ3v) is 6.93. The molecule has 1 fully saturated rings. The van der Waals surface area contributed by atoms with Gasteiger partial charge in [0.15, 0.2) is 5.65 Å². The Labute approximate surface area is 212 Å². The van der Waals surface area contributed by atoms with E-state index in [-0.39, 0.29) is 11.8 Å². The molecule has 1 aliphatic rings. The number of fused-ring (bicyclic) bond motifs is 1. The van der Waals surface area contributed by atoms with Crippen LogP contribution in [0.4, 0.5) is 16.3 Å². The number of urea groups is 1. The second kappa shape index (κ2) is 9.95. The molecule has 180 valence electrons. The van der Waals surface area contributed by atoms with Gasteiger partial charge in [0, 0.05) is 37.0 Å². The minimum atomic E-state index is -0.0619. The lowest BCUT2D eigenvalue weighted by Crippen LogP contribution is -2.44. The standard InChI is InChI=1S/C26H27BrN6O2/c1-17-7-2-4-10-21(17)31-26(35)32-12-6-8-18(16-32)14-28-24-13-22(19-9-3-5-11-23(19)34)30-25-20(27)15-29-33(24)25/h2-5,7,9-11,13,15,18,28,34H,6,8,12,14,16H2,1H3,(H,31,35). The molecule has 0 radical (unpaired) electrons. The number of carbonyl (C=O) groups is 1. The van der Waals surface area contributed by atoms with Crippen molar-refractivity contribution in [2.45, 2.75) is 19.8 Å². The molecule has 3 N–H and O–H groups in total. The van der Waals surface area contributed by atoms with Crippen LogP contribution in [0, 0.1) is 12.8 Å². The number of phenols is 1. The summed E-state index contributed by atoms with van der Waals surface area (Å²) in [5.41, 5.74) is 3.86. The Balaban J connectivity index is 1.31. The lowest BCUT2D eigenvalue weighted by Gasteiger charge is -2.33. The van der Waals surface area contributed by atoms with Crippen molar-refractivity contribution in [2.24, 2.45) is 5.92 Å². The number of aromatic hydroxyl groups is 1. The van der Waals surface area contributed by atoms with E-state index in [0.29, 0.717) is 35.9 Å². The van der Waals surface area contributed by atoms with Crippen LogP contribution in [0.25, 0.3) is 16.9 Å². The summed E-state index contributed by atoms with van der Waals surface area (Å²) in [5, 5.41) is 21.4. The smallest absolute Gasteiger partial charge is 0.321 e. The Morgan fingerprint density at radius 3 is 2.83 bits per heavy atom. The number of aryl methyl sites for hydroxylation is 1. The molecule has 2 aromatic carbocycles. The number of aromatic nitrogens is 3. The molecule has 1 aliphatic heterocycles. The van der Waals surface area contributed by atoms with Gasteiger partial charge in [-0.25, -0.2) is 9.78 Å². The molecule has 0 saturated carbocycles. The number of phenolic OH excluding ortho intramolecular Hbond substituents is 1. The number of para-hydroxylation sites is 2. The largest absolute Gasteiger partial charge is 0.507 e. The summed E-state index contributed by atoms with van der Waals surface area (Å²) in [5.74, 6) is 1.25. The minimum absolute atomic E-state index is 0.0619. The Kier molecular flexibility index (Phi) is 6.59. The highest BCUT2D eigenvalue weighted by Gasteiger charge is 2.24. The summed E-state index contributed by atoms with van der Waals surface area (Å²) in [6.45, 7) is 4.10. The number of piperidine rings is 1. The van der Waals surface area contributed by atoms with E-state index in [4.69, 9.17) is 4.98 Å². The minimum Gasteiger partial charge on any atom is -0.507 e. The average molecular weight is 535 g/mol. The van der Waals surface area contributed by atoms with Crippen LogP contribution in [0.5, 0.6) is 5.75 Å². The van der Waals surface area contributed by atoms with E-state index in [9.17, 15) is 9.90 Å². The summed E-state index contributed by atoms with van der Waals surface area (Å²) >= 11 is 3.52. The lowest BCUT2D eigenvalue weighted by atomic mass is 9.98. The summed E-state index contributed by atoms with van der Waals surface area (Å²) in [6, 6.07) is 16.8. The van der Waals surface area contributed by atoms with Gasteiger partial charge >= 0.3 is 6.03 Å². The number of anilines is 2. The van der Waals surface area contributed by atoms with Gasteiger partial charge in [-0.1, -0.05) is 30.3 Å². The molecule has 5 rings (SSSR count). The van der Waals surface area contributed by atoms with Gasteiger partial charge in [-0.05, 0) is 65.4 Å². The third-order valence-electron chi connectivity index (χ3n) is 6.37. The highest BCUT2D eigenvalue weighted by molar-refractivity contribution is 9.10. The topological polar surface area (TPSA) is 94.8 Å². The monoisotopic (exact) mass is 534 g/mol. The molecule has 1 saturated heterocycles. The highest BCUT2D eigenvalue weighted by atomic mass is 79.9. The number of nitrogens with one attached hydrogen (secondary N) is 2. The van der Waals surface area contributed by atoms with Crippen LogP contribution in [-0.4, -0.2) is 50.3 Å². The first kappa shape index (κ1) is 23.2. The Morgan fingerprint density at radius 1 is 1.20 bits per heavy atom. The van der Waals surface area contributed by atoms with Crippen molar-refractivity contribution in [3.8, 4) is 17.0 Å². The zero-order chi connectivity index (χ0) is 24.4. The molecule has 35 heavy (non-hydrogen) atoms. The summed E-state index contributed by atoms with van der Waals surface area (Å²) in [4.78, 5) is 19.5. The van der Waals surface area contributed by atoms with Crippen molar-refractivity contribution in [3.63, 3.8) is 0 Å². The first-order chi connectivity index (χ1) is 17.0. The molecule has 9 heteroatoms. The maximum atomic E-state index is 12.9. The first-order valence-electron chi connectivity index (χ1n) is 11.7. The van der Waals surface area contributed by atoms with Gasteiger partial charge in [-0.15, -0.1) is 0 Å². The predicted molar refractivity (Wildman–Crippen MR) is 141 cm³/mol. The van der Waals surface area contributed by atoms with E-state index in [2.05, 4.69) is 31.7 Å². The van der Waals surface area contributed by atoms with Crippen molar-refractivity contribution in [1.82, 2.24) is 19.5 Å². The molecule has 1 atom stereocenters. The second-order valence-corrected chi connectivity index (χ2v) is 9.71. The molecule has 8 nitrogen and oxygen atoms in total. The second-order valence-electron chi connectivity index (χ2n) is 8.85. The van der Waals surface area contributed by atoms with Crippen molar-refractivity contribution < 1.29 is 9.90 Å². The maximum Gasteiger partial charge on any atom is 0.321 e. The maximum absolute atomic E-state index is 12.9. The van der Waals surface area contributed by atoms with E-state index in [0.717, 1.165) is 40.9 Å². The zero-order valence-corrected chi connectivity index (χ0v) is 21.0. The fourth-order valence-corrected chi connectivity index (χ4v) is 4.81. The van der Waals surface area contributed by atoms with E-state index < -0.39 is 0 Å². The number of nitrogens with zero attached hydrogens (tertiary/aromatic N) is 4. The zero-order valence-electron chi connectivity index (χ0n) is 19.4. The van der Waals surface area contributed by atoms with Crippen molar-refractivity contribution >= 4 is 39.1 Å². The van der Waals surface area contributed by atoms with Gasteiger partial charge < -0.3 is 20.6 Å².